The SMILES string of the molecule is Cc1ccc(C(=O)NC(C)C2CCCNC2)c(Cl)c1. The van der Waals surface area contributed by atoms with Crippen molar-refractivity contribution >= 4 is 17.5 Å². The number of aryl methyl sites for hydroxylation is 1. The van der Waals surface area contributed by atoms with Crippen molar-refractivity contribution in [2.24, 2.45) is 5.92 Å². The third kappa shape index (κ3) is 3.71. The molecule has 1 aromatic rings. The molecular weight excluding hydrogens is 260 g/mol. The molecular formula is C15H21ClN2O. The van der Waals surface area contributed by atoms with Gasteiger partial charge in [-0.3, -0.25) is 4.79 Å². The predicted molar refractivity (Wildman–Crippen MR) is 78.7 cm³/mol. The molecule has 1 aliphatic rings. The number of hydrogen-bond donors (Lipinski definition) is 2. The van der Waals surface area contributed by atoms with Gasteiger partial charge in [-0.1, -0.05) is 17.7 Å². The molecule has 4 heteroatoms. The molecule has 1 heterocycles. The first-order valence-corrected chi connectivity index (χ1v) is 7.23. The van der Waals surface area contributed by atoms with Gasteiger partial charge in [-0.2, -0.15) is 0 Å². The Morgan fingerprint density at radius 1 is 1.53 bits per heavy atom. The second-order valence-electron chi connectivity index (χ2n) is 5.35. The number of rotatable bonds is 3. The lowest BCUT2D eigenvalue weighted by Gasteiger charge is -2.29. The molecule has 1 aromatic carbocycles. The van der Waals surface area contributed by atoms with E-state index in [0.717, 1.165) is 25.1 Å². The van der Waals surface area contributed by atoms with Crippen LogP contribution in [0.15, 0.2) is 18.2 Å². The minimum atomic E-state index is -0.0805. The van der Waals surface area contributed by atoms with E-state index >= 15 is 0 Å². The van der Waals surface area contributed by atoms with Gasteiger partial charge in [-0.05, 0) is 63.4 Å². The molecule has 2 unspecified atom stereocenters. The summed E-state index contributed by atoms with van der Waals surface area (Å²) in [5.74, 6) is 0.421. The molecule has 0 aliphatic carbocycles. The fraction of sp³-hybridized carbons (Fsp3) is 0.533. The van der Waals surface area contributed by atoms with E-state index in [1.54, 1.807) is 6.07 Å². The van der Waals surface area contributed by atoms with Crippen LogP contribution in [0.25, 0.3) is 0 Å². The van der Waals surface area contributed by atoms with Crippen LogP contribution in [0.2, 0.25) is 5.02 Å². The highest BCUT2D eigenvalue weighted by molar-refractivity contribution is 6.33. The van der Waals surface area contributed by atoms with Gasteiger partial charge in [0.05, 0.1) is 10.6 Å². The number of hydrogen-bond acceptors (Lipinski definition) is 2. The largest absolute Gasteiger partial charge is 0.349 e. The molecule has 0 bridgehead atoms. The van der Waals surface area contributed by atoms with Crippen molar-refractivity contribution in [3.05, 3.63) is 34.3 Å². The van der Waals surface area contributed by atoms with Gasteiger partial charge in [0.25, 0.3) is 5.91 Å². The lowest BCUT2D eigenvalue weighted by atomic mass is 9.92. The Morgan fingerprint density at radius 2 is 2.32 bits per heavy atom. The third-order valence-corrected chi connectivity index (χ3v) is 4.08. The van der Waals surface area contributed by atoms with E-state index in [4.69, 9.17) is 11.6 Å². The average molecular weight is 281 g/mol. The van der Waals surface area contributed by atoms with Crippen molar-refractivity contribution in [3.63, 3.8) is 0 Å². The number of halogens is 1. The smallest absolute Gasteiger partial charge is 0.253 e. The maximum Gasteiger partial charge on any atom is 0.253 e. The third-order valence-electron chi connectivity index (χ3n) is 3.77. The molecule has 0 saturated carbocycles. The van der Waals surface area contributed by atoms with Crippen LogP contribution >= 0.6 is 11.6 Å². The number of carbonyl (C=O) groups excluding carboxylic acids is 1. The van der Waals surface area contributed by atoms with Crippen molar-refractivity contribution in [1.29, 1.82) is 0 Å². The zero-order valence-corrected chi connectivity index (χ0v) is 12.3. The van der Waals surface area contributed by atoms with Crippen molar-refractivity contribution in [1.82, 2.24) is 10.6 Å². The van der Waals surface area contributed by atoms with Crippen LogP contribution in [-0.2, 0) is 0 Å². The maximum absolute atomic E-state index is 12.2. The van der Waals surface area contributed by atoms with Crippen LogP contribution in [0.1, 0.15) is 35.7 Å². The maximum atomic E-state index is 12.2. The molecule has 3 nitrogen and oxygen atoms in total. The van der Waals surface area contributed by atoms with Gasteiger partial charge in [0.15, 0.2) is 0 Å². The van der Waals surface area contributed by atoms with E-state index in [1.807, 2.05) is 19.1 Å². The van der Waals surface area contributed by atoms with Crippen LogP contribution in [0, 0.1) is 12.8 Å². The number of amides is 1. The topological polar surface area (TPSA) is 41.1 Å². The fourth-order valence-corrected chi connectivity index (χ4v) is 2.83. The molecule has 1 amide bonds. The lowest BCUT2D eigenvalue weighted by molar-refractivity contribution is 0.0922. The highest BCUT2D eigenvalue weighted by Crippen LogP contribution is 2.19. The summed E-state index contributed by atoms with van der Waals surface area (Å²) in [4.78, 5) is 12.2. The van der Waals surface area contributed by atoms with E-state index < -0.39 is 0 Å². The Labute approximate surface area is 119 Å². The summed E-state index contributed by atoms with van der Waals surface area (Å²) in [6.45, 7) is 6.09. The van der Waals surface area contributed by atoms with Crippen molar-refractivity contribution in [3.8, 4) is 0 Å². The van der Waals surface area contributed by atoms with Gasteiger partial charge in [0.1, 0.15) is 0 Å². The first-order valence-electron chi connectivity index (χ1n) is 6.85. The van der Waals surface area contributed by atoms with E-state index in [0.29, 0.717) is 16.5 Å². The summed E-state index contributed by atoms with van der Waals surface area (Å²) >= 11 is 6.12. The second-order valence-corrected chi connectivity index (χ2v) is 5.76. The molecule has 2 N–H and O–H groups in total. The van der Waals surface area contributed by atoms with Crippen LogP contribution < -0.4 is 10.6 Å². The molecule has 19 heavy (non-hydrogen) atoms. The lowest BCUT2D eigenvalue weighted by Crippen LogP contribution is -2.44. The summed E-state index contributed by atoms with van der Waals surface area (Å²) in [7, 11) is 0. The fourth-order valence-electron chi connectivity index (χ4n) is 2.51. The predicted octanol–water partition coefficient (Wildman–Crippen LogP) is 2.77. The molecule has 0 aromatic heterocycles. The van der Waals surface area contributed by atoms with E-state index in [1.165, 1.54) is 6.42 Å². The van der Waals surface area contributed by atoms with Crippen LogP contribution in [0.4, 0.5) is 0 Å². The standard InChI is InChI=1S/C15H21ClN2O/c1-10-5-6-13(14(16)8-10)15(19)18-11(2)12-4-3-7-17-9-12/h5-6,8,11-12,17H,3-4,7,9H2,1-2H3,(H,18,19). The molecule has 0 radical (unpaired) electrons. The number of nitrogens with one attached hydrogen (secondary N) is 2. The first-order chi connectivity index (χ1) is 9.08. The van der Waals surface area contributed by atoms with Crippen LogP contribution in [0.3, 0.4) is 0 Å². The summed E-state index contributed by atoms with van der Waals surface area (Å²) in [5, 5.41) is 6.95. The molecule has 1 fully saturated rings. The highest BCUT2D eigenvalue weighted by Gasteiger charge is 2.22. The van der Waals surface area contributed by atoms with E-state index in [-0.39, 0.29) is 11.9 Å². The molecule has 1 aliphatic heterocycles. The summed E-state index contributed by atoms with van der Waals surface area (Å²) in [5.41, 5.74) is 1.62. The van der Waals surface area contributed by atoms with Crippen molar-refractivity contribution in [2.75, 3.05) is 13.1 Å². The molecule has 0 spiro atoms. The van der Waals surface area contributed by atoms with Crippen molar-refractivity contribution < 1.29 is 4.79 Å². The van der Waals surface area contributed by atoms with Gasteiger partial charge < -0.3 is 10.6 Å². The molecule has 2 rings (SSSR count). The average Bonchev–Trinajstić information content (AvgIpc) is 2.39. The zero-order valence-electron chi connectivity index (χ0n) is 11.5. The minimum Gasteiger partial charge on any atom is -0.349 e. The normalized spacial score (nSPS) is 20.9. The van der Waals surface area contributed by atoms with E-state index in [9.17, 15) is 4.79 Å². The van der Waals surface area contributed by atoms with Crippen LogP contribution in [-0.4, -0.2) is 25.0 Å². The van der Waals surface area contributed by atoms with Gasteiger partial charge in [-0.25, -0.2) is 0 Å². The zero-order chi connectivity index (χ0) is 13.8. The van der Waals surface area contributed by atoms with Crippen molar-refractivity contribution in [2.45, 2.75) is 32.7 Å². The summed E-state index contributed by atoms with van der Waals surface area (Å²) in [6, 6.07) is 5.69. The van der Waals surface area contributed by atoms with Gasteiger partial charge in [-0.15, -0.1) is 0 Å². The Balaban J connectivity index is 1.99. The minimum absolute atomic E-state index is 0.0805. The first kappa shape index (κ1) is 14.4. The Morgan fingerprint density at radius 3 is 2.95 bits per heavy atom. The van der Waals surface area contributed by atoms with Crippen LogP contribution in [0.5, 0.6) is 0 Å². The Hall–Kier alpha value is -1.06. The molecule has 104 valence electrons. The quantitative estimate of drug-likeness (QED) is 0.894. The Bertz CT molecular complexity index is 455. The highest BCUT2D eigenvalue weighted by atomic mass is 35.5. The van der Waals surface area contributed by atoms with E-state index in [2.05, 4.69) is 17.6 Å². The molecule has 1 saturated heterocycles. The Kier molecular flexibility index (Phi) is 4.83. The monoisotopic (exact) mass is 280 g/mol. The number of piperidine rings is 1. The number of carbonyl (C=O) groups is 1. The van der Waals surface area contributed by atoms with Gasteiger partial charge in [0.2, 0.25) is 0 Å². The van der Waals surface area contributed by atoms with Gasteiger partial charge in [0, 0.05) is 6.04 Å². The van der Waals surface area contributed by atoms with Gasteiger partial charge >= 0.3 is 0 Å². The summed E-state index contributed by atoms with van der Waals surface area (Å²) < 4.78 is 0. The summed E-state index contributed by atoms with van der Waals surface area (Å²) in [6.07, 6.45) is 2.34. The second kappa shape index (κ2) is 6.40. The molecule has 2 atom stereocenters. The number of benzene rings is 1.